The summed E-state index contributed by atoms with van der Waals surface area (Å²) in [4.78, 5) is 29.8. The van der Waals surface area contributed by atoms with Gasteiger partial charge in [-0.15, -0.1) is 11.3 Å². The zero-order valence-electron chi connectivity index (χ0n) is 16.7. The Morgan fingerprint density at radius 2 is 1.83 bits per heavy atom. The number of amides is 1. The molecular formula is C25H22N2O2S. The van der Waals surface area contributed by atoms with E-state index in [9.17, 15) is 9.59 Å². The van der Waals surface area contributed by atoms with E-state index in [1.807, 2.05) is 77.9 Å². The SMILES string of the molecule is Cc1ccc(C(=O)N2c3ccccc3NC3=C(C(=O)CCC3)[C@H]2c2cccs2)cc1. The molecule has 0 unspecified atom stereocenters. The minimum atomic E-state index is -0.433. The Morgan fingerprint density at radius 3 is 2.60 bits per heavy atom. The Kier molecular flexibility index (Phi) is 4.75. The fourth-order valence-corrected chi connectivity index (χ4v) is 5.13. The lowest BCUT2D eigenvalue weighted by atomic mass is 9.88. The number of Topliss-reactive ketones (excluding diaryl/α,β-unsaturated/α-hetero) is 1. The van der Waals surface area contributed by atoms with E-state index in [4.69, 9.17) is 0 Å². The predicted octanol–water partition coefficient (Wildman–Crippen LogP) is 5.88. The van der Waals surface area contributed by atoms with Crippen LogP contribution >= 0.6 is 11.3 Å². The maximum atomic E-state index is 13.9. The van der Waals surface area contributed by atoms with E-state index in [-0.39, 0.29) is 11.7 Å². The predicted molar refractivity (Wildman–Crippen MR) is 121 cm³/mol. The summed E-state index contributed by atoms with van der Waals surface area (Å²) in [6.45, 7) is 2.01. The van der Waals surface area contributed by atoms with E-state index >= 15 is 0 Å². The van der Waals surface area contributed by atoms with Gasteiger partial charge < -0.3 is 5.32 Å². The van der Waals surface area contributed by atoms with E-state index in [1.165, 1.54) is 0 Å². The molecule has 4 nitrogen and oxygen atoms in total. The van der Waals surface area contributed by atoms with Gasteiger partial charge in [-0.05, 0) is 55.5 Å². The van der Waals surface area contributed by atoms with Gasteiger partial charge in [-0.25, -0.2) is 0 Å². The first-order valence-corrected chi connectivity index (χ1v) is 11.1. The van der Waals surface area contributed by atoms with Gasteiger partial charge in [-0.1, -0.05) is 35.9 Å². The van der Waals surface area contributed by atoms with Crippen LogP contribution in [0.4, 0.5) is 11.4 Å². The van der Waals surface area contributed by atoms with Crippen LogP contribution in [0.15, 0.2) is 77.3 Å². The molecule has 5 rings (SSSR count). The van der Waals surface area contributed by atoms with Crippen LogP contribution in [0.1, 0.15) is 46.1 Å². The van der Waals surface area contributed by atoms with Crippen molar-refractivity contribution in [2.45, 2.75) is 32.2 Å². The molecule has 0 fully saturated rings. The summed E-state index contributed by atoms with van der Waals surface area (Å²) >= 11 is 1.58. The summed E-state index contributed by atoms with van der Waals surface area (Å²) in [6, 6.07) is 19.0. The quantitative estimate of drug-likeness (QED) is 0.570. The third-order valence-corrected chi connectivity index (χ3v) is 6.69. The Morgan fingerprint density at radius 1 is 1.03 bits per heavy atom. The number of fused-ring (bicyclic) bond motifs is 1. The van der Waals surface area contributed by atoms with E-state index in [0.29, 0.717) is 12.0 Å². The average Bonchev–Trinajstić information content (AvgIpc) is 3.23. The highest BCUT2D eigenvalue weighted by Crippen LogP contribution is 2.46. The molecule has 1 atom stereocenters. The first-order chi connectivity index (χ1) is 14.6. The second kappa shape index (κ2) is 7.58. The molecule has 1 aliphatic carbocycles. The van der Waals surface area contributed by atoms with Crippen LogP contribution in [0, 0.1) is 6.92 Å². The molecule has 3 aromatic rings. The number of hydrogen-bond donors (Lipinski definition) is 1. The summed E-state index contributed by atoms with van der Waals surface area (Å²) in [5.41, 5.74) is 5.04. The summed E-state index contributed by atoms with van der Waals surface area (Å²) < 4.78 is 0. The van der Waals surface area contributed by atoms with Crippen molar-refractivity contribution in [1.82, 2.24) is 0 Å². The van der Waals surface area contributed by atoms with Crippen molar-refractivity contribution in [3.05, 3.63) is 93.3 Å². The lowest BCUT2D eigenvalue weighted by Crippen LogP contribution is -2.37. The maximum Gasteiger partial charge on any atom is 0.259 e. The molecule has 5 heteroatoms. The van der Waals surface area contributed by atoms with Crippen LogP contribution in [0.5, 0.6) is 0 Å². The first-order valence-electron chi connectivity index (χ1n) is 10.2. The van der Waals surface area contributed by atoms with Gasteiger partial charge in [0.1, 0.15) is 6.04 Å². The highest BCUT2D eigenvalue weighted by atomic mass is 32.1. The Labute approximate surface area is 179 Å². The highest BCUT2D eigenvalue weighted by molar-refractivity contribution is 7.10. The summed E-state index contributed by atoms with van der Waals surface area (Å²) in [6.07, 6.45) is 2.16. The molecule has 30 heavy (non-hydrogen) atoms. The van der Waals surface area contributed by atoms with Crippen molar-refractivity contribution < 1.29 is 9.59 Å². The van der Waals surface area contributed by atoms with Crippen LogP contribution in [-0.4, -0.2) is 11.7 Å². The molecule has 1 aliphatic heterocycles. The number of thiophene rings is 1. The molecule has 1 amide bonds. The largest absolute Gasteiger partial charge is 0.357 e. The zero-order chi connectivity index (χ0) is 20.7. The number of rotatable bonds is 2. The van der Waals surface area contributed by atoms with Gasteiger partial charge in [0.25, 0.3) is 5.91 Å². The Balaban J connectivity index is 1.76. The number of carbonyl (C=O) groups excluding carboxylic acids is 2. The van der Waals surface area contributed by atoms with E-state index in [0.717, 1.165) is 45.9 Å². The smallest absolute Gasteiger partial charge is 0.259 e. The fraction of sp³-hybridized carbons (Fsp3) is 0.200. The second-order valence-corrected chi connectivity index (χ2v) is 8.75. The standard InChI is InChI=1S/C25H22N2O2S/c1-16-11-13-17(14-12-16)25(29)27-20-8-3-2-6-18(20)26-19-7-4-9-21(28)23(19)24(27)22-10-5-15-30-22/h2-3,5-6,8,10-15,24,26H,4,7,9H2,1H3/t24-/m1/s1. The number of nitrogens with zero attached hydrogens (tertiary/aromatic N) is 1. The minimum absolute atomic E-state index is 0.102. The molecule has 1 N–H and O–H groups in total. The van der Waals surface area contributed by atoms with Gasteiger partial charge in [-0.3, -0.25) is 14.5 Å². The van der Waals surface area contributed by atoms with Gasteiger partial charge in [0.2, 0.25) is 0 Å². The van der Waals surface area contributed by atoms with Gasteiger partial charge in [-0.2, -0.15) is 0 Å². The number of benzene rings is 2. The average molecular weight is 415 g/mol. The zero-order valence-corrected chi connectivity index (χ0v) is 17.5. The summed E-state index contributed by atoms with van der Waals surface area (Å²) in [5, 5.41) is 5.50. The van der Waals surface area contributed by atoms with E-state index < -0.39 is 6.04 Å². The maximum absolute atomic E-state index is 13.9. The number of aryl methyl sites for hydroxylation is 1. The monoisotopic (exact) mass is 414 g/mol. The van der Waals surface area contributed by atoms with Crippen LogP contribution in [-0.2, 0) is 4.79 Å². The number of nitrogens with one attached hydrogen (secondary N) is 1. The number of carbonyl (C=O) groups is 2. The lowest BCUT2D eigenvalue weighted by molar-refractivity contribution is -0.116. The molecule has 0 spiro atoms. The fourth-order valence-electron chi connectivity index (χ4n) is 4.31. The van der Waals surface area contributed by atoms with Crippen molar-refractivity contribution in [3.8, 4) is 0 Å². The van der Waals surface area contributed by atoms with E-state index in [1.54, 1.807) is 11.3 Å². The molecule has 0 bridgehead atoms. The number of ketones is 1. The summed E-state index contributed by atoms with van der Waals surface area (Å²) in [5.74, 6) is 0.0198. The van der Waals surface area contributed by atoms with Crippen molar-refractivity contribution in [2.75, 3.05) is 10.2 Å². The molecule has 1 aromatic heterocycles. The molecule has 2 heterocycles. The molecular weight excluding hydrogens is 392 g/mol. The van der Waals surface area contributed by atoms with Crippen molar-refractivity contribution in [3.63, 3.8) is 0 Å². The summed E-state index contributed by atoms with van der Waals surface area (Å²) in [7, 11) is 0. The van der Waals surface area contributed by atoms with Crippen molar-refractivity contribution >= 4 is 34.4 Å². The highest BCUT2D eigenvalue weighted by Gasteiger charge is 2.40. The molecule has 0 saturated heterocycles. The molecule has 2 aliphatic rings. The topological polar surface area (TPSA) is 49.4 Å². The van der Waals surface area contributed by atoms with Crippen molar-refractivity contribution in [1.29, 1.82) is 0 Å². The van der Waals surface area contributed by atoms with E-state index in [2.05, 4.69) is 5.32 Å². The molecule has 0 saturated carbocycles. The Bertz CT molecular complexity index is 1150. The van der Waals surface area contributed by atoms with Gasteiger partial charge in [0.05, 0.1) is 11.4 Å². The van der Waals surface area contributed by atoms with Crippen LogP contribution in [0.25, 0.3) is 0 Å². The van der Waals surface area contributed by atoms with Crippen molar-refractivity contribution in [2.24, 2.45) is 0 Å². The minimum Gasteiger partial charge on any atom is -0.357 e. The molecule has 2 aromatic carbocycles. The first kappa shape index (κ1) is 18.8. The molecule has 150 valence electrons. The third kappa shape index (κ3) is 3.15. The van der Waals surface area contributed by atoms with Gasteiger partial charge >= 0.3 is 0 Å². The number of hydrogen-bond acceptors (Lipinski definition) is 4. The van der Waals surface area contributed by atoms with Crippen LogP contribution in [0.2, 0.25) is 0 Å². The number of para-hydroxylation sites is 2. The van der Waals surface area contributed by atoms with Crippen LogP contribution < -0.4 is 10.2 Å². The second-order valence-electron chi connectivity index (χ2n) is 7.77. The van der Waals surface area contributed by atoms with Crippen LogP contribution in [0.3, 0.4) is 0 Å². The normalized spacial score (nSPS) is 18.4. The Hall–Kier alpha value is -3.18. The third-order valence-electron chi connectivity index (χ3n) is 5.77. The molecule has 0 radical (unpaired) electrons. The number of allylic oxidation sites excluding steroid dienone is 1. The number of anilines is 2. The lowest BCUT2D eigenvalue weighted by Gasteiger charge is -2.33. The van der Waals surface area contributed by atoms with Gasteiger partial charge in [0.15, 0.2) is 5.78 Å². The van der Waals surface area contributed by atoms with Gasteiger partial charge in [0, 0.05) is 28.1 Å².